The molecule has 4 heteroatoms. The highest BCUT2D eigenvalue weighted by molar-refractivity contribution is 5.98. The predicted molar refractivity (Wildman–Crippen MR) is 64.0 cm³/mol. The van der Waals surface area contributed by atoms with Crippen molar-refractivity contribution in [3.63, 3.8) is 0 Å². The average Bonchev–Trinajstić information content (AvgIpc) is 2.32. The fraction of sp³-hybridized carbons (Fsp3) is 0.273. The second kappa shape index (κ2) is 7.55. The second-order valence-corrected chi connectivity index (χ2v) is 2.38. The molecule has 1 heterocycles. The molecule has 4 nitrogen and oxygen atoms in total. The van der Waals surface area contributed by atoms with Crippen LogP contribution in [-0.2, 0) is 4.79 Å². The summed E-state index contributed by atoms with van der Waals surface area (Å²) < 4.78 is 0. The van der Waals surface area contributed by atoms with E-state index in [1.807, 2.05) is 13.8 Å². The van der Waals surface area contributed by atoms with Crippen molar-refractivity contribution < 1.29 is 4.79 Å². The summed E-state index contributed by atoms with van der Waals surface area (Å²) in [5, 5.41) is 5.47. The number of carbonyl (C=O) groups is 1. The van der Waals surface area contributed by atoms with Crippen molar-refractivity contribution in [2.45, 2.75) is 13.8 Å². The lowest BCUT2D eigenvalue weighted by Crippen LogP contribution is -2.07. The molecule has 15 heavy (non-hydrogen) atoms. The molecule has 2 N–H and O–H groups in total. The van der Waals surface area contributed by atoms with Crippen molar-refractivity contribution in [1.82, 2.24) is 4.98 Å². The molecule has 0 aliphatic heterocycles. The van der Waals surface area contributed by atoms with Gasteiger partial charge in [-0.15, -0.1) is 0 Å². The third-order valence-electron chi connectivity index (χ3n) is 1.47. The van der Waals surface area contributed by atoms with Crippen molar-refractivity contribution in [1.29, 1.82) is 0 Å². The Morgan fingerprint density at radius 2 is 2.13 bits per heavy atom. The van der Waals surface area contributed by atoms with E-state index < -0.39 is 0 Å². The van der Waals surface area contributed by atoms with Gasteiger partial charge in [0, 0.05) is 7.05 Å². The second-order valence-electron chi connectivity index (χ2n) is 2.38. The van der Waals surface area contributed by atoms with Crippen LogP contribution in [0.15, 0.2) is 31.0 Å². The molecule has 1 aromatic rings. The van der Waals surface area contributed by atoms with Crippen molar-refractivity contribution in [3.05, 3.63) is 31.0 Å². The number of anilines is 2. The first-order valence-electron chi connectivity index (χ1n) is 4.83. The molecule has 82 valence electrons. The Labute approximate surface area is 90.4 Å². The quantitative estimate of drug-likeness (QED) is 0.747. The molecule has 0 saturated carbocycles. The summed E-state index contributed by atoms with van der Waals surface area (Å²) >= 11 is 0. The number of hydrogen-bond donors (Lipinski definition) is 2. The van der Waals surface area contributed by atoms with Crippen molar-refractivity contribution in [2.24, 2.45) is 0 Å². The lowest BCUT2D eigenvalue weighted by atomic mass is 10.4. The molecule has 1 amide bonds. The topological polar surface area (TPSA) is 54.0 Å². The summed E-state index contributed by atoms with van der Waals surface area (Å²) in [6.07, 6.45) is 2.79. The van der Waals surface area contributed by atoms with Crippen LogP contribution >= 0.6 is 0 Å². The Bertz CT molecular complexity index is 306. The smallest absolute Gasteiger partial charge is 0.247 e. The third-order valence-corrected chi connectivity index (χ3v) is 1.47. The molecule has 0 aromatic carbocycles. The molecule has 1 rings (SSSR count). The number of nitrogens with zero attached hydrogens (tertiary/aromatic N) is 1. The summed E-state index contributed by atoms with van der Waals surface area (Å²) in [7, 11) is 1.78. The Balaban J connectivity index is 0.000000921. The van der Waals surface area contributed by atoms with Crippen LogP contribution in [0.3, 0.4) is 0 Å². The van der Waals surface area contributed by atoms with Crippen LogP contribution in [0.4, 0.5) is 11.5 Å². The molecule has 0 atom stereocenters. The summed E-state index contributed by atoms with van der Waals surface area (Å²) in [6.45, 7) is 7.35. The van der Waals surface area contributed by atoms with Gasteiger partial charge in [-0.3, -0.25) is 4.79 Å². The van der Waals surface area contributed by atoms with E-state index in [1.54, 1.807) is 25.4 Å². The van der Waals surface area contributed by atoms with Crippen LogP contribution in [0.2, 0.25) is 0 Å². The maximum atomic E-state index is 10.9. The maximum Gasteiger partial charge on any atom is 0.247 e. The van der Waals surface area contributed by atoms with E-state index in [-0.39, 0.29) is 5.91 Å². The van der Waals surface area contributed by atoms with Gasteiger partial charge >= 0.3 is 0 Å². The van der Waals surface area contributed by atoms with Crippen LogP contribution in [0, 0.1) is 0 Å². The molecular formula is C11H17N3O. The van der Waals surface area contributed by atoms with E-state index in [2.05, 4.69) is 22.2 Å². The van der Waals surface area contributed by atoms with E-state index in [0.29, 0.717) is 5.69 Å². The summed E-state index contributed by atoms with van der Waals surface area (Å²) in [5.41, 5.74) is 0.656. The van der Waals surface area contributed by atoms with Gasteiger partial charge in [0.15, 0.2) is 0 Å². The minimum absolute atomic E-state index is 0.237. The van der Waals surface area contributed by atoms with Gasteiger partial charge in [0.25, 0.3) is 0 Å². The zero-order valence-corrected chi connectivity index (χ0v) is 9.37. The molecule has 1 aromatic heterocycles. The van der Waals surface area contributed by atoms with Gasteiger partial charge in [-0.2, -0.15) is 0 Å². The molecule has 0 radical (unpaired) electrons. The van der Waals surface area contributed by atoms with Crippen LogP contribution in [0.25, 0.3) is 0 Å². The molecule has 0 aliphatic rings. The third kappa shape index (κ3) is 4.81. The predicted octanol–water partition coefficient (Wildman–Crippen LogP) is 2.27. The highest BCUT2D eigenvalue weighted by atomic mass is 16.1. The highest BCUT2D eigenvalue weighted by Gasteiger charge is 1.96. The molecule has 0 bridgehead atoms. The fourth-order valence-corrected chi connectivity index (χ4v) is 0.809. The molecule has 0 aliphatic carbocycles. The number of hydrogen-bond acceptors (Lipinski definition) is 3. The first-order valence-corrected chi connectivity index (χ1v) is 4.83. The molecule has 0 spiro atoms. The summed E-state index contributed by atoms with van der Waals surface area (Å²) in [4.78, 5) is 14.9. The number of rotatable bonds is 3. The zero-order chi connectivity index (χ0) is 11.7. The first kappa shape index (κ1) is 13.2. The van der Waals surface area contributed by atoms with E-state index in [4.69, 9.17) is 0 Å². The van der Waals surface area contributed by atoms with E-state index in [1.165, 1.54) is 6.08 Å². The van der Waals surface area contributed by atoms with Crippen LogP contribution in [0.1, 0.15) is 13.8 Å². The van der Waals surface area contributed by atoms with Gasteiger partial charge < -0.3 is 10.6 Å². The SMILES string of the molecule is C=CC(=O)Nc1ccc(NC)nc1.CC. The van der Waals surface area contributed by atoms with Crippen LogP contribution in [-0.4, -0.2) is 17.9 Å². The van der Waals surface area contributed by atoms with E-state index >= 15 is 0 Å². The van der Waals surface area contributed by atoms with Gasteiger partial charge in [-0.25, -0.2) is 4.98 Å². The Kier molecular flexibility index (Phi) is 6.63. The minimum Gasteiger partial charge on any atom is -0.373 e. The number of aromatic nitrogens is 1. The van der Waals surface area contributed by atoms with Gasteiger partial charge in [0.05, 0.1) is 11.9 Å². The normalized spacial score (nSPS) is 8.20. The maximum absolute atomic E-state index is 10.9. The summed E-state index contributed by atoms with van der Waals surface area (Å²) in [6, 6.07) is 3.54. The van der Waals surface area contributed by atoms with Gasteiger partial charge in [-0.05, 0) is 18.2 Å². The van der Waals surface area contributed by atoms with Gasteiger partial charge in [0.1, 0.15) is 5.82 Å². The van der Waals surface area contributed by atoms with Crippen molar-refractivity contribution >= 4 is 17.4 Å². The highest BCUT2D eigenvalue weighted by Crippen LogP contribution is 2.08. The van der Waals surface area contributed by atoms with Gasteiger partial charge in [0.2, 0.25) is 5.91 Å². The largest absolute Gasteiger partial charge is 0.373 e. The zero-order valence-electron chi connectivity index (χ0n) is 9.37. The van der Waals surface area contributed by atoms with Crippen molar-refractivity contribution in [2.75, 3.05) is 17.7 Å². The molecule has 0 fully saturated rings. The Morgan fingerprint density at radius 1 is 1.47 bits per heavy atom. The van der Waals surface area contributed by atoms with Crippen LogP contribution in [0.5, 0.6) is 0 Å². The lowest BCUT2D eigenvalue weighted by molar-refractivity contribution is -0.111. The number of carbonyl (C=O) groups excluding carboxylic acids is 1. The average molecular weight is 207 g/mol. The molecule has 0 unspecified atom stereocenters. The number of nitrogens with one attached hydrogen (secondary N) is 2. The monoisotopic (exact) mass is 207 g/mol. The van der Waals surface area contributed by atoms with Gasteiger partial charge in [-0.1, -0.05) is 20.4 Å². The molecular weight excluding hydrogens is 190 g/mol. The van der Waals surface area contributed by atoms with Crippen LogP contribution < -0.4 is 10.6 Å². The summed E-state index contributed by atoms with van der Waals surface area (Å²) in [5.74, 6) is 0.524. The van der Waals surface area contributed by atoms with E-state index in [0.717, 1.165) is 5.82 Å². The van der Waals surface area contributed by atoms with Crippen molar-refractivity contribution in [3.8, 4) is 0 Å². The fourth-order valence-electron chi connectivity index (χ4n) is 0.809. The number of pyridine rings is 1. The Hall–Kier alpha value is -1.84. The minimum atomic E-state index is -0.237. The Morgan fingerprint density at radius 3 is 2.53 bits per heavy atom. The lowest BCUT2D eigenvalue weighted by Gasteiger charge is -2.02. The first-order chi connectivity index (χ1) is 7.26. The molecule has 0 saturated heterocycles. The standard InChI is InChI=1S/C9H11N3O.C2H6/c1-3-9(13)12-7-4-5-8(10-2)11-6-7;1-2/h3-6H,1H2,2H3,(H,10,11)(H,12,13);1-2H3. The number of amides is 1. The van der Waals surface area contributed by atoms with E-state index in [9.17, 15) is 4.79 Å².